The highest BCUT2D eigenvalue weighted by Gasteiger charge is 2.36. The Bertz CT molecular complexity index is 428. The lowest BCUT2D eigenvalue weighted by Crippen LogP contribution is -2.45. The van der Waals surface area contributed by atoms with Gasteiger partial charge in [0.15, 0.2) is 0 Å². The van der Waals surface area contributed by atoms with Crippen LogP contribution in [0.1, 0.15) is 24.4 Å². The molecule has 1 aromatic carbocycles. The predicted octanol–water partition coefficient (Wildman–Crippen LogP) is 2.94. The van der Waals surface area contributed by atoms with Gasteiger partial charge >= 0.3 is 0 Å². The van der Waals surface area contributed by atoms with Gasteiger partial charge in [0.2, 0.25) is 0 Å². The number of nitrogens with one attached hydrogen (secondary N) is 1. The Kier molecular flexibility index (Phi) is 3.68. The summed E-state index contributed by atoms with van der Waals surface area (Å²) in [6.07, 6.45) is 2.57. The maximum atomic E-state index is 13.7. The molecule has 0 radical (unpaired) electrons. The molecule has 1 saturated heterocycles. The molecular weight excluding hydrogens is 295 g/mol. The van der Waals surface area contributed by atoms with E-state index >= 15 is 0 Å². The average Bonchev–Trinajstić information content (AvgIpc) is 3.20. The highest BCUT2D eigenvalue weighted by molar-refractivity contribution is 9.10. The van der Waals surface area contributed by atoms with Crippen LogP contribution >= 0.6 is 15.9 Å². The van der Waals surface area contributed by atoms with Crippen LogP contribution in [0.15, 0.2) is 22.7 Å². The fraction of sp³-hybridized carbons (Fsp3) is 0.571. The van der Waals surface area contributed by atoms with E-state index in [4.69, 9.17) is 0 Å². The maximum absolute atomic E-state index is 13.7. The van der Waals surface area contributed by atoms with Gasteiger partial charge < -0.3 is 5.32 Å². The van der Waals surface area contributed by atoms with E-state index in [0.717, 1.165) is 37.7 Å². The summed E-state index contributed by atoms with van der Waals surface area (Å²) >= 11 is 3.23. The lowest BCUT2D eigenvalue weighted by atomic mass is 10.00. The number of hydrogen-bond donors (Lipinski definition) is 1. The zero-order valence-corrected chi connectivity index (χ0v) is 11.9. The van der Waals surface area contributed by atoms with Crippen molar-refractivity contribution in [2.45, 2.75) is 18.9 Å². The second-order valence-electron chi connectivity index (χ2n) is 5.24. The topological polar surface area (TPSA) is 15.3 Å². The minimum absolute atomic E-state index is 0.145. The Hall–Kier alpha value is -0.450. The molecule has 2 aliphatic rings. The third kappa shape index (κ3) is 2.60. The second-order valence-corrected chi connectivity index (χ2v) is 6.10. The number of piperazine rings is 1. The average molecular weight is 313 g/mol. The van der Waals surface area contributed by atoms with Crippen LogP contribution in [0.2, 0.25) is 0 Å². The third-order valence-corrected chi connectivity index (χ3v) is 4.54. The van der Waals surface area contributed by atoms with Crippen LogP contribution in [0.4, 0.5) is 4.39 Å². The Balaban J connectivity index is 1.85. The van der Waals surface area contributed by atoms with Gasteiger partial charge in [-0.05, 0) is 52.4 Å². The van der Waals surface area contributed by atoms with Crippen LogP contribution in [0.3, 0.4) is 0 Å². The van der Waals surface area contributed by atoms with Gasteiger partial charge in [-0.3, -0.25) is 4.90 Å². The van der Waals surface area contributed by atoms with Crippen molar-refractivity contribution in [2.75, 3.05) is 26.2 Å². The van der Waals surface area contributed by atoms with Crippen molar-refractivity contribution in [2.24, 2.45) is 5.92 Å². The van der Waals surface area contributed by atoms with Crippen molar-refractivity contribution >= 4 is 15.9 Å². The molecular formula is C14H18BrFN2. The lowest BCUT2D eigenvalue weighted by molar-refractivity contribution is 0.156. The summed E-state index contributed by atoms with van der Waals surface area (Å²) in [5, 5.41) is 3.38. The summed E-state index contributed by atoms with van der Waals surface area (Å²) in [7, 11) is 0. The fourth-order valence-corrected chi connectivity index (χ4v) is 3.10. The molecule has 1 heterocycles. The molecule has 1 aromatic rings. The molecule has 0 spiro atoms. The molecule has 1 aliphatic heterocycles. The van der Waals surface area contributed by atoms with E-state index < -0.39 is 0 Å². The third-order valence-electron chi connectivity index (χ3n) is 3.90. The van der Waals surface area contributed by atoms with E-state index in [9.17, 15) is 4.39 Å². The Morgan fingerprint density at radius 2 is 2.00 bits per heavy atom. The van der Waals surface area contributed by atoms with Gasteiger partial charge in [-0.15, -0.1) is 0 Å². The summed E-state index contributed by atoms with van der Waals surface area (Å²) in [6.45, 7) is 4.22. The Labute approximate surface area is 116 Å². The largest absolute Gasteiger partial charge is 0.314 e. The van der Waals surface area contributed by atoms with E-state index in [1.807, 2.05) is 6.07 Å². The first kappa shape index (κ1) is 12.6. The molecule has 18 heavy (non-hydrogen) atoms. The van der Waals surface area contributed by atoms with Gasteiger partial charge in [0, 0.05) is 32.2 Å². The first-order chi connectivity index (χ1) is 8.75. The smallest absolute Gasteiger partial charge is 0.137 e. The summed E-state index contributed by atoms with van der Waals surface area (Å²) in [5.41, 5.74) is 1.14. The number of hydrogen-bond acceptors (Lipinski definition) is 2. The molecule has 1 aliphatic carbocycles. The van der Waals surface area contributed by atoms with Crippen LogP contribution in [0, 0.1) is 11.7 Å². The number of rotatable bonds is 3. The summed E-state index contributed by atoms with van der Waals surface area (Å²) in [5.74, 6) is 0.581. The summed E-state index contributed by atoms with van der Waals surface area (Å²) in [4.78, 5) is 2.51. The monoisotopic (exact) mass is 312 g/mol. The highest BCUT2D eigenvalue weighted by atomic mass is 79.9. The molecule has 0 aromatic heterocycles. The normalized spacial score (nSPS) is 23.0. The molecule has 0 unspecified atom stereocenters. The summed E-state index contributed by atoms with van der Waals surface area (Å²) in [6, 6.07) is 6.02. The Morgan fingerprint density at radius 3 is 2.61 bits per heavy atom. The first-order valence-corrected chi connectivity index (χ1v) is 7.45. The maximum Gasteiger partial charge on any atom is 0.137 e. The second kappa shape index (κ2) is 5.27. The SMILES string of the molecule is Fc1cc([C@@H](C2CC2)N2CCNCC2)ccc1Br. The minimum atomic E-state index is -0.145. The molecule has 1 N–H and O–H groups in total. The van der Waals surface area contributed by atoms with Crippen molar-refractivity contribution in [3.8, 4) is 0 Å². The zero-order chi connectivity index (χ0) is 12.5. The molecule has 2 nitrogen and oxygen atoms in total. The molecule has 3 rings (SSSR count). The van der Waals surface area contributed by atoms with Gasteiger partial charge in [0.25, 0.3) is 0 Å². The molecule has 98 valence electrons. The minimum Gasteiger partial charge on any atom is -0.314 e. The van der Waals surface area contributed by atoms with Crippen molar-refractivity contribution in [1.82, 2.24) is 10.2 Å². The lowest BCUT2D eigenvalue weighted by Gasteiger charge is -2.35. The molecule has 1 atom stereocenters. The van der Waals surface area contributed by atoms with Gasteiger partial charge in [0.05, 0.1) is 4.47 Å². The van der Waals surface area contributed by atoms with Gasteiger partial charge in [-0.25, -0.2) is 4.39 Å². The molecule has 0 amide bonds. The first-order valence-electron chi connectivity index (χ1n) is 6.65. The van der Waals surface area contributed by atoms with Crippen LogP contribution in [0.25, 0.3) is 0 Å². The predicted molar refractivity (Wildman–Crippen MR) is 74.0 cm³/mol. The van der Waals surface area contributed by atoms with E-state index in [0.29, 0.717) is 10.5 Å². The fourth-order valence-electron chi connectivity index (χ4n) is 2.85. The van der Waals surface area contributed by atoms with E-state index in [2.05, 4.69) is 32.2 Å². The standard InChI is InChI=1S/C14H18BrFN2/c15-12-4-3-11(9-13(12)16)14(10-1-2-10)18-7-5-17-6-8-18/h3-4,9-10,14,17H,1-2,5-8H2/t14-/m1/s1. The zero-order valence-electron chi connectivity index (χ0n) is 10.3. The molecule has 1 saturated carbocycles. The number of nitrogens with zero attached hydrogens (tertiary/aromatic N) is 1. The van der Waals surface area contributed by atoms with E-state index in [-0.39, 0.29) is 5.82 Å². The number of benzene rings is 1. The van der Waals surface area contributed by atoms with E-state index in [1.165, 1.54) is 12.8 Å². The highest BCUT2D eigenvalue weighted by Crippen LogP contribution is 2.45. The van der Waals surface area contributed by atoms with Crippen molar-refractivity contribution in [3.63, 3.8) is 0 Å². The van der Waals surface area contributed by atoms with Crippen LogP contribution in [-0.4, -0.2) is 31.1 Å². The van der Waals surface area contributed by atoms with Crippen LogP contribution in [-0.2, 0) is 0 Å². The summed E-state index contributed by atoms with van der Waals surface area (Å²) < 4.78 is 14.3. The number of halogens is 2. The van der Waals surface area contributed by atoms with Crippen molar-refractivity contribution in [3.05, 3.63) is 34.1 Å². The van der Waals surface area contributed by atoms with Gasteiger partial charge in [0.1, 0.15) is 5.82 Å². The van der Waals surface area contributed by atoms with Crippen molar-refractivity contribution < 1.29 is 4.39 Å². The van der Waals surface area contributed by atoms with Gasteiger partial charge in [-0.2, -0.15) is 0 Å². The molecule has 0 bridgehead atoms. The molecule has 4 heteroatoms. The Morgan fingerprint density at radius 1 is 1.28 bits per heavy atom. The van der Waals surface area contributed by atoms with E-state index in [1.54, 1.807) is 6.07 Å². The van der Waals surface area contributed by atoms with Crippen LogP contribution in [0.5, 0.6) is 0 Å². The van der Waals surface area contributed by atoms with Crippen LogP contribution < -0.4 is 5.32 Å². The van der Waals surface area contributed by atoms with Crippen molar-refractivity contribution in [1.29, 1.82) is 0 Å². The van der Waals surface area contributed by atoms with Gasteiger partial charge in [-0.1, -0.05) is 6.07 Å². The quantitative estimate of drug-likeness (QED) is 0.923. The molecule has 2 fully saturated rings.